The summed E-state index contributed by atoms with van der Waals surface area (Å²) in [5, 5.41) is 11.1. The summed E-state index contributed by atoms with van der Waals surface area (Å²) >= 11 is 5.97. The van der Waals surface area contributed by atoms with Crippen molar-refractivity contribution in [2.24, 2.45) is 5.73 Å². The molecule has 5 heteroatoms. The smallest absolute Gasteiger partial charge is 0.269 e. The predicted octanol–water partition coefficient (Wildman–Crippen LogP) is 2.70. The van der Waals surface area contributed by atoms with E-state index >= 15 is 0 Å². The highest BCUT2D eigenvalue weighted by molar-refractivity contribution is 6.31. The van der Waals surface area contributed by atoms with Crippen LogP contribution in [0.1, 0.15) is 24.8 Å². The summed E-state index contributed by atoms with van der Waals surface area (Å²) in [4.78, 5) is 10.2. The molecule has 1 rings (SSSR count). The van der Waals surface area contributed by atoms with Gasteiger partial charge in [0.2, 0.25) is 0 Å². The van der Waals surface area contributed by atoms with Crippen LogP contribution >= 0.6 is 11.6 Å². The molecule has 0 bridgehead atoms. The molecule has 1 unspecified atom stereocenters. The Morgan fingerprint density at radius 2 is 2.27 bits per heavy atom. The minimum atomic E-state index is -0.422. The summed E-state index contributed by atoms with van der Waals surface area (Å²) in [6, 6.07) is 4.48. The molecule has 0 heterocycles. The van der Waals surface area contributed by atoms with Gasteiger partial charge in [0.25, 0.3) is 5.69 Å². The quantitative estimate of drug-likeness (QED) is 0.636. The molecule has 0 fully saturated rings. The Labute approximate surface area is 93.2 Å². The minimum absolute atomic E-state index is 0.0678. The normalized spacial score (nSPS) is 12.5. The van der Waals surface area contributed by atoms with Crippen molar-refractivity contribution in [1.82, 2.24) is 0 Å². The lowest BCUT2D eigenvalue weighted by Gasteiger charge is -2.11. The van der Waals surface area contributed by atoms with Crippen LogP contribution in [0.5, 0.6) is 0 Å². The molecule has 0 amide bonds. The van der Waals surface area contributed by atoms with Gasteiger partial charge in [-0.05, 0) is 30.5 Å². The molecular formula is C10H13ClN2O2. The molecule has 15 heavy (non-hydrogen) atoms. The third-order valence-corrected chi connectivity index (χ3v) is 2.67. The highest BCUT2D eigenvalue weighted by Crippen LogP contribution is 2.29. The number of nitro benzene ring substituents is 1. The summed E-state index contributed by atoms with van der Waals surface area (Å²) in [7, 11) is 0. The van der Waals surface area contributed by atoms with Crippen molar-refractivity contribution < 1.29 is 4.92 Å². The summed E-state index contributed by atoms with van der Waals surface area (Å²) in [5.41, 5.74) is 6.29. The minimum Gasteiger partial charge on any atom is -0.330 e. The molecule has 2 N–H and O–H groups in total. The molecule has 0 saturated heterocycles. The van der Waals surface area contributed by atoms with Gasteiger partial charge in [-0.2, -0.15) is 0 Å². The Bertz CT molecular complexity index is 368. The van der Waals surface area contributed by atoms with E-state index in [-0.39, 0.29) is 11.6 Å². The molecular weight excluding hydrogens is 216 g/mol. The highest BCUT2D eigenvalue weighted by Gasteiger charge is 2.14. The van der Waals surface area contributed by atoms with Crippen LogP contribution in [0.2, 0.25) is 5.02 Å². The van der Waals surface area contributed by atoms with Crippen LogP contribution in [-0.2, 0) is 0 Å². The molecule has 0 aliphatic rings. The Kier molecular flexibility index (Phi) is 4.05. The predicted molar refractivity (Wildman–Crippen MR) is 60.2 cm³/mol. The van der Waals surface area contributed by atoms with Crippen LogP contribution in [0.15, 0.2) is 18.2 Å². The third kappa shape index (κ3) is 2.91. The van der Waals surface area contributed by atoms with E-state index in [4.69, 9.17) is 17.3 Å². The lowest BCUT2D eigenvalue weighted by Crippen LogP contribution is -2.05. The monoisotopic (exact) mass is 228 g/mol. The molecule has 0 aliphatic carbocycles. The van der Waals surface area contributed by atoms with Crippen molar-refractivity contribution >= 4 is 17.3 Å². The van der Waals surface area contributed by atoms with E-state index in [0.717, 1.165) is 12.0 Å². The fraction of sp³-hybridized carbons (Fsp3) is 0.400. The second kappa shape index (κ2) is 5.09. The Balaban J connectivity index is 3.04. The topological polar surface area (TPSA) is 69.2 Å². The Hall–Kier alpha value is -1.13. The van der Waals surface area contributed by atoms with Gasteiger partial charge >= 0.3 is 0 Å². The van der Waals surface area contributed by atoms with Crippen LogP contribution in [0.4, 0.5) is 5.69 Å². The van der Waals surface area contributed by atoms with Crippen molar-refractivity contribution in [3.05, 3.63) is 38.9 Å². The van der Waals surface area contributed by atoms with E-state index in [2.05, 4.69) is 0 Å². The van der Waals surface area contributed by atoms with Crippen molar-refractivity contribution in [1.29, 1.82) is 0 Å². The van der Waals surface area contributed by atoms with Crippen molar-refractivity contribution in [3.63, 3.8) is 0 Å². The summed E-state index contributed by atoms with van der Waals surface area (Å²) in [5.74, 6) is 0.141. The van der Waals surface area contributed by atoms with E-state index in [1.807, 2.05) is 6.92 Å². The number of halogens is 1. The van der Waals surface area contributed by atoms with E-state index in [1.54, 1.807) is 6.07 Å². The Morgan fingerprint density at radius 3 is 2.80 bits per heavy atom. The van der Waals surface area contributed by atoms with Crippen molar-refractivity contribution in [3.8, 4) is 0 Å². The van der Waals surface area contributed by atoms with Crippen LogP contribution in [-0.4, -0.2) is 11.5 Å². The fourth-order valence-corrected chi connectivity index (χ4v) is 1.73. The third-order valence-electron chi connectivity index (χ3n) is 2.32. The average Bonchev–Trinajstić information content (AvgIpc) is 2.18. The van der Waals surface area contributed by atoms with Crippen molar-refractivity contribution in [2.75, 3.05) is 6.54 Å². The second-order valence-corrected chi connectivity index (χ2v) is 3.85. The second-order valence-electron chi connectivity index (χ2n) is 3.44. The van der Waals surface area contributed by atoms with Gasteiger partial charge in [-0.3, -0.25) is 10.1 Å². The number of nitrogens with two attached hydrogens (primary N) is 1. The molecule has 82 valence electrons. The van der Waals surface area contributed by atoms with Crippen LogP contribution in [0.25, 0.3) is 0 Å². The number of nitrogens with zero attached hydrogens (tertiary/aromatic N) is 1. The first-order valence-corrected chi connectivity index (χ1v) is 5.08. The molecule has 0 saturated carbocycles. The molecule has 1 aromatic carbocycles. The lowest BCUT2D eigenvalue weighted by atomic mass is 9.97. The van der Waals surface area contributed by atoms with E-state index in [1.165, 1.54) is 12.1 Å². The standard InChI is InChI=1S/C10H13ClN2O2/c1-7(4-5-12)9-6-8(13(14)15)2-3-10(9)11/h2-3,6-7H,4-5,12H2,1H3. The molecule has 1 aromatic rings. The molecule has 1 atom stereocenters. The summed E-state index contributed by atoms with van der Waals surface area (Å²) < 4.78 is 0. The first-order chi connectivity index (χ1) is 7.06. The van der Waals surface area contributed by atoms with Gasteiger partial charge in [0.05, 0.1) is 4.92 Å². The van der Waals surface area contributed by atoms with Crippen LogP contribution in [0, 0.1) is 10.1 Å². The number of hydrogen-bond acceptors (Lipinski definition) is 3. The maximum absolute atomic E-state index is 10.6. The van der Waals surface area contributed by atoms with Gasteiger partial charge < -0.3 is 5.73 Å². The zero-order valence-corrected chi connectivity index (χ0v) is 9.20. The number of hydrogen-bond donors (Lipinski definition) is 1. The van der Waals surface area contributed by atoms with Crippen molar-refractivity contribution in [2.45, 2.75) is 19.3 Å². The van der Waals surface area contributed by atoms with Gasteiger partial charge in [-0.15, -0.1) is 0 Å². The van der Waals surface area contributed by atoms with E-state index in [9.17, 15) is 10.1 Å². The largest absolute Gasteiger partial charge is 0.330 e. The van der Waals surface area contributed by atoms with Crippen LogP contribution < -0.4 is 5.73 Å². The number of rotatable bonds is 4. The summed E-state index contributed by atoms with van der Waals surface area (Å²) in [6.07, 6.45) is 0.765. The van der Waals surface area contributed by atoms with Gasteiger partial charge in [-0.1, -0.05) is 18.5 Å². The van der Waals surface area contributed by atoms with E-state index < -0.39 is 4.92 Å². The maximum atomic E-state index is 10.6. The zero-order valence-electron chi connectivity index (χ0n) is 8.44. The molecule has 0 aromatic heterocycles. The zero-order chi connectivity index (χ0) is 11.4. The Morgan fingerprint density at radius 1 is 1.60 bits per heavy atom. The molecule has 0 radical (unpaired) electrons. The first kappa shape index (κ1) is 11.9. The molecule has 4 nitrogen and oxygen atoms in total. The van der Waals surface area contributed by atoms with Gasteiger partial charge in [0, 0.05) is 17.2 Å². The molecule has 0 spiro atoms. The fourth-order valence-electron chi connectivity index (χ4n) is 1.43. The highest BCUT2D eigenvalue weighted by atomic mass is 35.5. The first-order valence-electron chi connectivity index (χ1n) is 4.70. The average molecular weight is 229 g/mol. The van der Waals surface area contributed by atoms with Crippen LogP contribution in [0.3, 0.4) is 0 Å². The number of non-ortho nitro benzene ring substituents is 1. The van der Waals surface area contributed by atoms with E-state index in [0.29, 0.717) is 11.6 Å². The lowest BCUT2D eigenvalue weighted by molar-refractivity contribution is -0.384. The van der Waals surface area contributed by atoms with Gasteiger partial charge in [-0.25, -0.2) is 0 Å². The summed E-state index contributed by atoms with van der Waals surface area (Å²) in [6.45, 7) is 2.50. The van der Waals surface area contributed by atoms with Gasteiger partial charge in [0.1, 0.15) is 0 Å². The number of benzene rings is 1. The molecule has 0 aliphatic heterocycles. The number of nitro groups is 1. The maximum Gasteiger partial charge on any atom is 0.269 e. The van der Waals surface area contributed by atoms with Gasteiger partial charge in [0.15, 0.2) is 0 Å². The SMILES string of the molecule is CC(CCN)c1cc([N+](=O)[O-])ccc1Cl.